The van der Waals surface area contributed by atoms with Gasteiger partial charge >= 0.3 is 89.2 Å². The first-order valence-corrected chi connectivity index (χ1v) is 17.5. The van der Waals surface area contributed by atoms with Crippen LogP contribution in [0.4, 0.5) is 0 Å². The summed E-state index contributed by atoms with van der Waals surface area (Å²) in [6, 6.07) is 0. The minimum absolute atomic E-state index is 2.41. The van der Waals surface area contributed by atoms with Gasteiger partial charge in [0.2, 0.25) is 0 Å². The van der Waals surface area contributed by atoms with Gasteiger partial charge in [-0.2, -0.15) is 67.3 Å². The zero-order valence-electron chi connectivity index (χ0n) is 14.8. The van der Waals surface area contributed by atoms with Crippen molar-refractivity contribution >= 4 is 81.6 Å². The van der Waals surface area contributed by atoms with Crippen molar-refractivity contribution in [1.82, 2.24) is 3.71 Å². The smallest absolute Gasteiger partial charge is 0.283 e. The highest BCUT2D eigenvalue weighted by molar-refractivity contribution is 8.26. The number of nitrogens with zero attached hydrogens (tertiary/aromatic N) is 1. The van der Waals surface area contributed by atoms with Crippen LogP contribution in [0.3, 0.4) is 0 Å². The number of rotatable bonds is 11. The average Bonchev–Trinajstić information content (AvgIpc) is 2.33. The van der Waals surface area contributed by atoms with E-state index in [0.29, 0.717) is 0 Å². The summed E-state index contributed by atoms with van der Waals surface area (Å²) in [6.07, 6.45) is 0. The third-order valence-corrected chi connectivity index (χ3v) is 18.4. The summed E-state index contributed by atoms with van der Waals surface area (Å²) < 4.78 is 234. The highest BCUT2D eigenvalue weighted by atomic mass is 32.4. The summed E-state index contributed by atoms with van der Waals surface area (Å²) in [7, 11) is -64.9. The maximum atomic E-state index is 12.3. The Morgan fingerprint density at radius 3 is 0.857 bits per heavy atom. The fourth-order valence-corrected chi connectivity index (χ4v) is 18.6. The first-order valence-electron chi connectivity index (χ1n) is 6.14. The van der Waals surface area contributed by atoms with Gasteiger partial charge in [-0.05, 0) is 3.71 Å². The predicted molar refractivity (Wildman–Crippen MR) is 98.1 cm³/mol. The van der Waals surface area contributed by atoms with Crippen molar-refractivity contribution in [2.24, 2.45) is 0 Å². The van der Waals surface area contributed by atoms with Crippen molar-refractivity contribution in [3.05, 3.63) is 0 Å². The van der Waals surface area contributed by atoms with Crippen LogP contribution in [0.5, 0.6) is 0 Å². The molecule has 0 amide bonds. The van der Waals surface area contributed by atoms with E-state index in [1.807, 2.05) is 0 Å². The third-order valence-electron chi connectivity index (χ3n) is 2.93. The van der Waals surface area contributed by atoms with Crippen molar-refractivity contribution < 1.29 is 103 Å². The lowest BCUT2D eigenvalue weighted by atomic mass is 10.7. The molecule has 0 aliphatic heterocycles. The van der Waals surface area contributed by atoms with Crippen LogP contribution in [0, 0.1) is 0 Å². The van der Waals surface area contributed by atoms with E-state index in [2.05, 4.69) is 3.63 Å². The molecule has 7 N–H and O–H groups in total. The second-order valence-electron chi connectivity index (χ2n) is 5.14. The van der Waals surface area contributed by atoms with Crippen molar-refractivity contribution in [3.8, 4) is 0 Å². The molecule has 0 saturated carbocycles. The van der Waals surface area contributed by atoms with Gasteiger partial charge in [-0.3, -0.25) is 31.9 Å². The Labute approximate surface area is 195 Å². The van der Waals surface area contributed by atoms with Crippen LogP contribution in [0.25, 0.3) is 0 Å². The second-order valence-corrected chi connectivity index (χ2v) is 18.1. The molecule has 0 unspecified atom stereocenters. The van der Waals surface area contributed by atoms with E-state index in [4.69, 9.17) is 13.7 Å². The first kappa shape index (κ1) is 34.2. The maximum Gasteiger partial charge on any atom is 0.412 e. The summed E-state index contributed by atoms with van der Waals surface area (Å²) in [6.45, 7) is 0. The lowest BCUT2D eigenvalue weighted by molar-refractivity contribution is 0.296. The highest BCUT2D eigenvalue weighted by Gasteiger charge is 2.93. The first-order chi connectivity index (χ1) is 14.6. The molecule has 0 aromatic rings. The van der Waals surface area contributed by atoms with Crippen LogP contribution < -0.4 is 0 Å². The molecule has 33 heteroatoms. The van der Waals surface area contributed by atoms with Crippen molar-refractivity contribution in [1.29, 1.82) is 0 Å². The monoisotopic (exact) mass is 685 g/mol. The van der Waals surface area contributed by atoms with Crippen LogP contribution in [0.2, 0.25) is 0 Å². The molecule has 0 aromatic heterocycles. The third kappa shape index (κ3) is 5.44. The van der Waals surface area contributed by atoms with Gasteiger partial charge < -0.3 is 0 Å². The zero-order chi connectivity index (χ0) is 29.3. The molecule has 0 aromatic carbocycles. The van der Waals surface area contributed by atoms with Crippen LogP contribution in [0.1, 0.15) is 0 Å². The lowest BCUT2D eigenvalue weighted by Crippen LogP contribution is -2.80. The number of hydrogen-bond acceptors (Lipinski definition) is 17. The summed E-state index contributed by atoms with van der Waals surface area (Å²) in [5, 5.41) is 0. The van der Waals surface area contributed by atoms with E-state index in [-0.39, 0.29) is 0 Å². The van der Waals surface area contributed by atoms with E-state index in [0.717, 1.165) is 0 Å². The molecule has 0 saturated heterocycles. The molecule has 0 heterocycles. The molecule has 35 heavy (non-hydrogen) atoms. The Morgan fingerprint density at radius 2 is 0.714 bits per heavy atom. The van der Waals surface area contributed by atoms with Crippen LogP contribution in [0.15, 0.2) is 0 Å². The molecule has 0 aliphatic rings. The molecular weight excluding hydrogens is 679 g/mol. The fraction of sp³-hybridized carbons (Fsp3) is 1.00. The minimum Gasteiger partial charge on any atom is -0.283 e. The van der Waals surface area contributed by atoms with E-state index >= 15 is 0 Å². The van der Waals surface area contributed by atoms with Gasteiger partial charge in [0.15, 0.2) is 0 Å². The Kier molecular flexibility index (Phi) is 8.45. The quantitative estimate of drug-likeness (QED) is 0.0994. The van der Waals surface area contributed by atoms with Crippen LogP contribution in [-0.2, 0) is 85.2 Å². The van der Waals surface area contributed by atoms with E-state index < -0.39 is 92.9 Å². The molecule has 0 rings (SSSR count). The van der Waals surface area contributed by atoms with E-state index in [1.54, 1.807) is 0 Å². The molecule has 212 valence electrons. The summed E-state index contributed by atoms with van der Waals surface area (Å²) >= 11 is 0. The van der Waals surface area contributed by atoms with Crippen molar-refractivity contribution in [3.63, 3.8) is 0 Å². The maximum absolute atomic E-state index is 12.3. The Bertz CT molecular complexity index is 1660. The molecule has 0 spiro atoms. The van der Waals surface area contributed by atoms with E-state index in [9.17, 15) is 85.6 Å². The second kappa shape index (κ2) is 8.64. The Balaban J connectivity index is 9.88. The Hall–Kier alpha value is -0.760. The number of hydrogen-bond donors (Lipinski definition) is 7. The average molecular weight is 686 g/mol. The van der Waals surface area contributed by atoms with Crippen LogP contribution >= 0.6 is 0 Å². The standard InChI is InChI=1S/C2H7NO24S8/c4-28(5,6)1(29(7,8)9,3(33(18,19)20)34(21,22)23)2(30(10,11)12,31(13,14)15)32(16,17)27-35(24,25)26/h(H,4,5,6)(H,7,8,9)(H,10,11,12)(H,13,14,15)(H,18,19,20)(H,21,22,23)(H,24,25,26). The largest absolute Gasteiger partial charge is 0.412 e. The summed E-state index contributed by atoms with van der Waals surface area (Å²) in [5.74, 6) is 0. The predicted octanol–water partition coefficient (Wildman–Crippen LogP) is -6.10. The van der Waals surface area contributed by atoms with Crippen LogP contribution in [-0.4, -0.2) is 111 Å². The minimum atomic E-state index is -8.53. The van der Waals surface area contributed by atoms with Crippen molar-refractivity contribution in [2.45, 2.75) is 7.61 Å². The van der Waals surface area contributed by atoms with Crippen molar-refractivity contribution in [2.75, 3.05) is 0 Å². The normalized spacial score (nSPS) is 16.3. The fourth-order valence-electron chi connectivity index (χ4n) is 2.20. The SMILES string of the molecule is O=S(=O)(O)OS(=O)(=O)C(C(N(S(=O)(=O)O)S(=O)(=O)O)(S(=O)(=O)O)S(=O)(=O)O)(S(=O)(=O)O)S(=O)(=O)O. The molecule has 25 nitrogen and oxygen atoms in total. The molecule has 0 atom stereocenters. The summed E-state index contributed by atoms with van der Waals surface area (Å²) in [4.78, 5) is 0. The molecule has 0 aliphatic carbocycles. The van der Waals surface area contributed by atoms with E-state index in [1.165, 1.54) is 0 Å². The van der Waals surface area contributed by atoms with Gasteiger partial charge in [-0.1, -0.05) is 0 Å². The molecular formula is C2H7NO24S8. The molecule has 0 fully saturated rings. The van der Waals surface area contributed by atoms with Gasteiger partial charge in [0.25, 0.3) is 0 Å². The van der Waals surface area contributed by atoms with Gasteiger partial charge in [-0.25, -0.2) is 0 Å². The highest BCUT2D eigenvalue weighted by Crippen LogP contribution is 2.52. The van der Waals surface area contributed by atoms with Gasteiger partial charge in [0.05, 0.1) is 0 Å². The van der Waals surface area contributed by atoms with Gasteiger partial charge in [0.1, 0.15) is 0 Å². The molecule has 0 bridgehead atoms. The van der Waals surface area contributed by atoms with Gasteiger partial charge in [-0.15, -0.1) is 3.63 Å². The topological polar surface area (TPSA) is 427 Å². The van der Waals surface area contributed by atoms with Gasteiger partial charge in [0, 0.05) is 0 Å². The zero-order valence-corrected chi connectivity index (χ0v) is 21.3. The summed E-state index contributed by atoms with van der Waals surface area (Å²) in [5.41, 5.74) is 0. The Morgan fingerprint density at radius 1 is 0.457 bits per heavy atom. The molecule has 0 radical (unpaired) electrons. The lowest BCUT2D eigenvalue weighted by Gasteiger charge is -2.41.